The largest absolute Gasteiger partial charge is 0.493 e. The van der Waals surface area contributed by atoms with Crippen LogP contribution < -0.4 is 14.2 Å². The second kappa shape index (κ2) is 9.30. The number of aryl methyl sites for hydroxylation is 1. The van der Waals surface area contributed by atoms with Gasteiger partial charge in [0.05, 0.1) is 33.6 Å². The van der Waals surface area contributed by atoms with Gasteiger partial charge in [-0.15, -0.1) is 0 Å². The van der Waals surface area contributed by atoms with Gasteiger partial charge in [0.1, 0.15) is 0 Å². The van der Waals surface area contributed by atoms with E-state index < -0.39 is 0 Å². The molecule has 1 fully saturated rings. The highest BCUT2D eigenvalue weighted by atomic mass is 16.5. The molecule has 7 heteroatoms. The average molecular weight is 389 g/mol. The summed E-state index contributed by atoms with van der Waals surface area (Å²) in [5, 5.41) is 4.39. The summed E-state index contributed by atoms with van der Waals surface area (Å²) in [6.07, 6.45) is 4.45. The standard InChI is InChI=1S/C21H31N3O4/c1-15-17(11-22-23(15)2)13-24(14-18-7-6-10-28-18)12-16-8-9-19(25-3)21(27-5)20(16)26-4/h8-9,11,18H,6-7,10,12-14H2,1-5H3. The van der Waals surface area contributed by atoms with Crippen LogP contribution in [0.2, 0.25) is 0 Å². The van der Waals surface area contributed by atoms with Crippen LogP contribution in [0.4, 0.5) is 0 Å². The Balaban J connectivity index is 1.86. The molecule has 1 atom stereocenters. The SMILES string of the molecule is COc1ccc(CN(Cc2cnn(C)c2C)CC2CCCO2)c(OC)c1OC. The van der Waals surface area contributed by atoms with Gasteiger partial charge in [-0.25, -0.2) is 0 Å². The number of nitrogens with zero attached hydrogens (tertiary/aromatic N) is 3. The Morgan fingerprint density at radius 3 is 2.43 bits per heavy atom. The molecule has 0 radical (unpaired) electrons. The number of rotatable bonds is 9. The van der Waals surface area contributed by atoms with E-state index in [1.165, 1.54) is 11.3 Å². The summed E-state index contributed by atoms with van der Waals surface area (Å²) in [6, 6.07) is 3.97. The molecular formula is C21H31N3O4. The van der Waals surface area contributed by atoms with Crippen molar-refractivity contribution in [2.75, 3.05) is 34.5 Å². The monoisotopic (exact) mass is 389 g/mol. The highest BCUT2D eigenvalue weighted by molar-refractivity contribution is 5.55. The van der Waals surface area contributed by atoms with Crippen LogP contribution in [0.3, 0.4) is 0 Å². The molecule has 154 valence electrons. The summed E-state index contributed by atoms with van der Waals surface area (Å²) in [7, 11) is 6.90. The first-order valence-corrected chi connectivity index (χ1v) is 9.66. The number of aromatic nitrogens is 2. The molecule has 1 saturated heterocycles. The summed E-state index contributed by atoms with van der Waals surface area (Å²) in [4.78, 5) is 2.39. The summed E-state index contributed by atoms with van der Waals surface area (Å²) < 4.78 is 24.4. The normalized spacial score (nSPS) is 16.6. The fourth-order valence-corrected chi connectivity index (χ4v) is 3.73. The molecule has 2 aromatic rings. The first kappa shape index (κ1) is 20.5. The van der Waals surface area contributed by atoms with E-state index >= 15 is 0 Å². The van der Waals surface area contributed by atoms with Crippen LogP contribution in [0, 0.1) is 6.92 Å². The molecular weight excluding hydrogens is 358 g/mol. The van der Waals surface area contributed by atoms with Crippen LogP contribution in [0.1, 0.15) is 29.7 Å². The molecule has 1 aliphatic rings. The van der Waals surface area contributed by atoms with Gasteiger partial charge in [-0.05, 0) is 25.8 Å². The fourth-order valence-electron chi connectivity index (χ4n) is 3.73. The Kier molecular flexibility index (Phi) is 6.80. The Morgan fingerprint density at radius 2 is 1.86 bits per heavy atom. The molecule has 1 aromatic heterocycles. The molecule has 2 heterocycles. The molecule has 7 nitrogen and oxygen atoms in total. The van der Waals surface area contributed by atoms with E-state index in [9.17, 15) is 0 Å². The molecule has 0 amide bonds. The lowest BCUT2D eigenvalue weighted by Crippen LogP contribution is -2.31. The van der Waals surface area contributed by atoms with Crippen LogP contribution in [0.5, 0.6) is 17.2 Å². The first-order chi connectivity index (χ1) is 13.6. The van der Waals surface area contributed by atoms with E-state index in [0.717, 1.165) is 44.6 Å². The smallest absolute Gasteiger partial charge is 0.203 e. The minimum Gasteiger partial charge on any atom is -0.493 e. The van der Waals surface area contributed by atoms with E-state index in [1.807, 2.05) is 30.1 Å². The van der Waals surface area contributed by atoms with Crippen LogP contribution in [0.25, 0.3) is 0 Å². The van der Waals surface area contributed by atoms with Crippen molar-refractivity contribution in [3.05, 3.63) is 35.2 Å². The fraction of sp³-hybridized carbons (Fsp3) is 0.571. The molecule has 1 aromatic carbocycles. The van der Waals surface area contributed by atoms with Gasteiger partial charge in [0.2, 0.25) is 5.75 Å². The number of hydrogen-bond acceptors (Lipinski definition) is 6. The zero-order valence-corrected chi connectivity index (χ0v) is 17.5. The van der Waals surface area contributed by atoms with Crippen molar-refractivity contribution in [1.29, 1.82) is 0 Å². The van der Waals surface area contributed by atoms with Crippen LogP contribution in [-0.2, 0) is 24.9 Å². The van der Waals surface area contributed by atoms with E-state index in [1.54, 1.807) is 21.3 Å². The number of benzene rings is 1. The molecule has 0 aliphatic carbocycles. The third-order valence-corrected chi connectivity index (χ3v) is 5.40. The molecule has 0 spiro atoms. The van der Waals surface area contributed by atoms with Gasteiger partial charge < -0.3 is 18.9 Å². The maximum atomic E-state index is 5.89. The Morgan fingerprint density at radius 1 is 1.11 bits per heavy atom. The lowest BCUT2D eigenvalue weighted by Gasteiger charge is -2.26. The highest BCUT2D eigenvalue weighted by Gasteiger charge is 2.23. The zero-order chi connectivity index (χ0) is 20.1. The van der Waals surface area contributed by atoms with E-state index in [-0.39, 0.29) is 6.10 Å². The van der Waals surface area contributed by atoms with Crippen molar-refractivity contribution in [1.82, 2.24) is 14.7 Å². The van der Waals surface area contributed by atoms with Gasteiger partial charge in [-0.1, -0.05) is 6.07 Å². The predicted molar refractivity (Wildman–Crippen MR) is 107 cm³/mol. The van der Waals surface area contributed by atoms with Crippen molar-refractivity contribution in [2.24, 2.45) is 7.05 Å². The van der Waals surface area contributed by atoms with Crippen molar-refractivity contribution in [2.45, 2.75) is 39.0 Å². The predicted octanol–water partition coefficient (Wildman–Crippen LogP) is 2.94. The van der Waals surface area contributed by atoms with Gasteiger partial charge in [0.15, 0.2) is 11.5 Å². The minimum atomic E-state index is 0.267. The van der Waals surface area contributed by atoms with E-state index in [4.69, 9.17) is 18.9 Å². The molecule has 1 unspecified atom stereocenters. The quantitative estimate of drug-likeness (QED) is 0.657. The summed E-state index contributed by atoms with van der Waals surface area (Å²) in [5.74, 6) is 2.00. The molecule has 28 heavy (non-hydrogen) atoms. The average Bonchev–Trinajstić information content (AvgIpc) is 3.32. The third-order valence-electron chi connectivity index (χ3n) is 5.40. The Labute approximate surface area is 167 Å². The summed E-state index contributed by atoms with van der Waals surface area (Å²) in [5.41, 5.74) is 3.45. The highest BCUT2D eigenvalue weighted by Crippen LogP contribution is 2.40. The molecule has 0 N–H and O–H groups in total. The third kappa shape index (κ3) is 4.42. The van der Waals surface area contributed by atoms with Crippen LogP contribution >= 0.6 is 0 Å². The van der Waals surface area contributed by atoms with Gasteiger partial charge in [-0.3, -0.25) is 9.58 Å². The van der Waals surface area contributed by atoms with Gasteiger partial charge in [0, 0.05) is 50.1 Å². The number of methoxy groups -OCH3 is 3. The summed E-state index contributed by atoms with van der Waals surface area (Å²) >= 11 is 0. The second-order valence-corrected chi connectivity index (χ2v) is 7.18. The molecule has 0 bridgehead atoms. The van der Waals surface area contributed by atoms with Gasteiger partial charge in [0.25, 0.3) is 0 Å². The van der Waals surface area contributed by atoms with Crippen LogP contribution in [0.15, 0.2) is 18.3 Å². The number of ether oxygens (including phenoxy) is 4. The summed E-state index contributed by atoms with van der Waals surface area (Å²) in [6.45, 7) is 5.34. The van der Waals surface area contributed by atoms with E-state index in [0.29, 0.717) is 17.2 Å². The van der Waals surface area contributed by atoms with E-state index in [2.05, 4.69) is 16.9 Å². The van der Waals surface area contributed by atoms with Crippen LogP contribution in [-0.4, -0.2) is 55.3 Å². The second-order valence-electron chi connectivity index (χ2n) is 7.18. The Hall–Kier alpha value is -2.25. The maximum absolute atomic E-state index is 5.89. The molecule has 0 saturated carbocycles. The zero-order valence-electron chi connectivity index (χ0n) is 17.5. The van der Waals surface area contributed by atoms with Gasteiger partial charge in [-0.2, -0.15) is 5.10 Å². The topological polar surface area (TPSA) is 58.0 Å². The van der Waals surface area contributed by atoms with Crippen molar-refractivity contribution in [3.8, 4) is 17.2 Å². The van der Waals surface area contributed by atoms with Crippen molar-refractivity contribution >= 4 is 0 Å². The first-order valence-electron chi connectivity index (χ1n) is 9.66. The van der Waals surface area contributed by atoms with Crippen molar-refractivity contribution < 1.29 is 18.9 Å². The van der Waals surface area contributed by atoms with Crippen molar-refractivity contribution in [3.63, 3.8) is 0 Å². The Bertz CT molecular complexity index is 784. The molecule has 1 aliphatic heterocycles. The lowest BCUT2D eigenvalue weighted by atomic mass is 10.1. The minimum absolute atomic E-state index is 0.267. The molecule has 3 rings (SSSR count). The van der Waals surface area contributed by atoms with Gasteiger partial charge >= 0.3 is 0 Å². The lowest BCUT2D eigenvalue weighted by molar-refractivity contribution is 0.0675. The maximum Gasteiger partial charge on any atom is 0.203 e. The number of hydrogen-bond donors (Lipinski definition) is 0.